The number of methoxy groups -OCH3 is 1. The molecule has 4 rings (SSSR count). The van der Waals surface area contributed by atoms with Crippen LogP contribution in [-0.4, -0.2) is 32.7 Å². The normalized spacial score (nSPS) is 11.0. The maximum atomic E-state index is 12.7. The molecular weight excluding hydrogens is 408 g/mol. The minimum atomic E-state index is -0.343. The van der Waals surface area contributed by atoms with E-state index in [1.54, 1.807) is 72.9 Å². The lowest BCUT2D eigenvalue weighted by Crippen LogP contribution is -2.16. The van der Waals surface area contributed by atoms with Gasteiger partial charge in [-0.25, -0.2) is 4.79 Å². The molecule has 0 atom stereocenters. The molecule has 0 aliphatic carbocycles. The van der Waals surface area contributed by atoms with E-state index < -0.39 is 0 Å². The van der Waals surface area contributed by atoms with Crippen molar-refractivity contribution in [2.75, 3.05) is 7.11 Å². The smallest absolute Gasteiger partial charge is 0.330 e. The van der Waals surface area contributed by atoms with Gasteiger partial charge in [0, 0.05) is 17.3 Å². The van der Waals surface area contributed by atoms with Crippen molar-refractivity contribution in [2.45, 2.75) is 0 Å². The number of phenolic OH excluding ortho intramolecular Hbond substituents is 2. The monoisotopic (exact) mass is 428 g/mol. The van der Waals surface area contributed by atoms with E-state index in [2.05, 4.69) is 4.98 Å². The number of nitrogens with one attached hydrogen (secondary N) is 1. The second-order valence-electron chi connectivity index (χ2n) is 7.04. The van der Waals surface area contributed by atoms with E-state index in [1.807, 2.05) is 0 Å². The Morgan fingerprint density at radius 2 is 1.81 bits per heavy atom. The number of hydrogen-bond donors (Lipinski definition) is 3. The average molecular weight is 428 g/mol. The van der Waals surface area contributed by atoms with Gasteiger partial charge in [-0.2, -0.15) is 0 Å². The van der Waals surface area contributed by atoms with Crippen LogP contribution in [-0.2, 0) is 0 Å². The van der Waals surface area contributed by atoms with Crippen LogP contribution in [0.25, 0.3) is 23.0 Å². The molecule has 0 spiro atoms. The van der Waals surface area contributed by atoms with Gasteiger partial charge in [-0.1, -0.05) is 24.3 Å². The lowest BCUT2D eigenvalue weighted by Gasteiger charge is -2.09. The lowest BCUT2D eigenvalue weighted by atomic mass is 10.1. The maximum absolute atomic E-state index is 12.7. The summed E-state index contributed by atoms with van der Waals surface area (Å²) in [6.07, 6.45) is 4.63. The topological polar surface area (TPSA) is 105 Å². The van der Waals surface area contributed by atoms with Crippen molar-refractivity contribution in [3.63, 3.8) is 0 Å². The van der Waals surface area contributed by atoms with Crippen LogP contribution >= 0.6 is 0 Å². The fourth-order valence-electron chi connectivity index (χ4n) is 3.33. The highest BCUT2D eigenvalue weighted by Crippen LogP contribution is 2.27. The summed E-state index contributed by atoms with van der Waals surface area (Å²) in [7, 11) is 1.45. The summed E-state index contributed by atoms with van der Waals surface area (Å²) >= 11 is 0. The molecule has 7 heteroatoms. The van der Waals surface area contributed by atoms with Crippen LogP contribution in [0.3, 0.4) is 0 Å². The van der Waals surface area contributed by atoms with E-state index in [1.165, 1.54) is 23.8 Å². The summed E-state index contributed by atoms with van der Waals surface area (Å²) < 4.78 is 6.55. The van der Waals surface area contributed by atoms with Crippen molar-refractivity contribution in [1.82, 2.24) is 9.55 Å². The summed E-state index contributed by atoms with van der Waals surface area (Å²) in [4.78, 5) is 27.9. The number of aromatic amines is 1. The summed E-state index contributed by atoms with van der Waals surface area (Å²) in [5.41, 5.74) is 2.63. The second kappa shape index (κ2) is 8.69. The fourth-order valence-corrected chi connectivity index (χ4v) is 3.33. The van der Waals surface area contributed by atoms with Crippen LogP contribution in [0.4, 0.5) is 0 Å². The molecule has 0 unspecified atom stereocenters. The molecular formula is C25H20N2O5. The minimum absolute atomic E-state index is 0.0186. The summed E-state index contributed by atoms with van der Waals surface area (Å²) in [5, 5.41) is 19.2. The number of nitrogens with zero attached hydrogens (tertiary/aromatic N) is 1. The number of aromatic nitrogens is 2. The SMILES string of the molecule is COc1cc(C=CC(=O)c2cccc(-n3c(-c4ccc(O)cc4)c[nH]c3=O)c2)ccc1O. The van der Waals surface area contributed by atoms with Gasteiger partial charge in [-0.15, -0.1) is 0 Å². The molecule has 0 fully saturated rings. The van der Waals surface area contributed by atoms with Crippen molar-refractivity contribution in [2.24, 2.45) is 0 Å². The van der Waals surface area contributed by atoms with E-state index in [9.17, 15) is 19.8 Å². The summed E-state index contributed by atoms with van der Waals surface area (Å²) in [5.74, 6) is 0.220. The molecule has 0 amide bonds. The Hall–Kier alpha value is -4.52. The molecule has 0 radical (unpaired) electrons. The molecule has 0 aliphatic heterocycles. The minimum Gasteiger partial charge on any atom is -0.508 e. The van der Waals surface area contributed by atoms with Crippen LogP contribution in [0.1, 0.15) is 15.9 Å². The van der Waals surface area contributed by atoms with Crippen molar-refractivity contribution in [1.29, 1.82) is 0 Å². The Morgan fingerprint density at radius 1 is 1.03 bits per heavy atom. The van der Waals surface area contributed by atoms with Crippen molar-refractivity contribution < 1.29 is 19.7 Å². The zero-order valence-corrected chi connectivity index (χ0v) is 17.1. The largest absolute Gasteiger partial charge is 0.508 e. The zero-order valence-electron chi connectivity index (χ0n) is 17.1. The van der Waals surface area contributed by atoms with E-state index in [0.717, 1.165) is 5.56 Å². The molecule has 1 heterocycles. The van der Waals surface area contributed by atoms with E-state index in [4.69, 9.17) is 4.74 Å². The molecule has 3 aromatic carbocycles. The standard InChI is InChI=1S/C25H20N2O5/c1-32-24-13-16(6-12-23(24)30)5-11-22(29)18-3-2-4-19(14-18)27-21(15-26-25(27)31)17-7-9-20(28)10-8-17/h2-15,28,30H,1H3,(H,26,31). The van der Waals surface area contributed by atoms with Crippen molar-refractivity contribution in [3.8, 4) is 34.2 Å². The average Bonchev–Trinajstić information content (AvgIpc) is 3.20. The first kappa shape index (κ1) is 20.7. The predicted molar refractivity (Wildman–Crippen MR) is 122 cm³/mol. The van der Waals surface area contributed by atoms with Gasteiger partial charge < -0.3 is 19.9 Å². The second-order valence-corrected chi connectivity index (χ2v) is 7.04. The highest BCUT2D eigenvalue weighted by Gasteiger charge is 2.12. The molecule has 160 valence electrons. The first-order valence-electron chi connectivity index (χ1n) is 9.76. The number of ketones is 1. The molecule has 0 saturated heterocycles. The fraction of sp³-hybridized carbons (Fsp3) is 0.0400. The van der Waals surface area contributed by atoms with Gasteiger partial charge in [0.15, 0.2) is 17.3 Å². The first-order valence-corrected chi connectivity index (χ1v) is 9.76. The molecule has 1 aromatic heterocycles. The Morgan fingerprint density at radius 3 is 2.56 bits per heavy atom. The molecule has 0 aliphatic rings. The lowest BCUT2D eigenvalue weighted by molar-refractivity contribution is 0.104. The highest BCUT2D eigenvalue weighted by atomic mass is 16.5. The van der Waals surface area contributed by atoms with Gasteiger partial charge in [0.25, 0.3) is 0 Å². The third-order valence-electron chi connectivity index (χ3n) is 4.96. The summed E-state index contributed by atoms with van der Waals surface area (Å²) in [6.45, 7) is 0. The third-order valence-corrected chi connectivity index (χ3v) is 4.96. The molecule has 7 nitrogen and oxygen atoms in total. The number of allylic oxidation sites excluding steroid dienone is 1. The molecule has 0 bridgehead atoms. The van der Waals surface area contributed by atoms with Crippen LogP contribution in [0.5, 0.6) is 17.2 Å². The number of imidazole rings is 1. The number of rotatable bonds is 6. The Bertz CT molecular complexity index is 1360. The highest BCUT2D eigenvalue weighted by molar-refractivity contribution is 6.07. The molecule has 32 heavy (non-hydrogen) atoms. The number of H-pyrrole nitrogens is 1. The Labute approximate surface area is 183 Å². The van der Waals surface area contributed by atoms with Gasteiger partial charge in [-0.3, -0.25) is 9.36 Å². The van der Waals surface area contributed by atoms with Crippen molar-refractivity contribution >= 4 is 11.9 Å². The predicted octanol–water partition coefficient (Wildman–Crippen LogP) is 4.15. The molecule has 4 aromatic rings. The van der Waals surface area contributed by atoms with Gasteiger partial charge in [0.1, 0.15) is 5.75 Å². The number of carbonyl (C=O) groups excluding carboxylic acids is 1. The number of benzene rings is 3. The third kappa shape index (κ3) is 4.17. The van der Waals surface area contributed by atoms with E-state index >= 15 is 0 Å². The maximum Gasteiger partial charge on any atom is 0.330 e. The number of phenols is 2. The van der Waals surface area contributed by atoms with Gasteiger partial charge in [-0.05, 0) is 60.2 Å². The Kier molecular flexibility index (Phi) is 5.63. The quantitative estimate of drug-likeness (QED) is 0.316. The van der Waals surface area contributed by atoms with Crippen LogP contribution < -0.4 is 10.4 Å². The van der Waals surface area contributed by atoms with Crippen LogP contribution in [0.15, 0.2) is 83.8 Å². The number of hydrogen-bond acceptors (Lipinski definition) is 5. The Balaban J connectivity index is 1.65. The van der Waals surface area contributed by atoms with Gasteiger partial charge >= 0.3 is 5.69 Å². The number of aromatic hydroxyl groups is 2. The molecule has 3 N–H and O–H groups in total. The zero-order chi connectivity index (χ0) is 22.7. The summed E-state index contributed by atoms with van der Waals surface area (Å²) in [6, 6.07) is 18.0. The van der Waals surface area contributed by atoms with Crippen molar-refractivity contribution in [3.05, 3.63) is 101 Å². The number of carbonyl (C=O) groups is 1. The van der Waals surface area contributed by atoms with Gasteiger partial charge in [0.2, 0.25) is 0 Å². The first-order chi connectivity index (χ1) is 15.5. The van der Waals surface area contributed by atoms with Crippen LogP contribution in [0, 0.1) is 0 Å². The van der Waals surface area contributed by atoms with E-state index in [0.29, 0.717) is 28.3 Å². The molecule has 0 saturated carbocycles. The van der Waals surface area contributed by atoms with Crippen LogP contribution in [0.2, 0.25) is 0 Å². The van der Waals surface area contributed by atoms with Gasteiger partial charge in [0.05, 0.1) is 18.5 Å². The van der Waals surface area contributed by atoms with E-state index in [-0.39, 0.29) is 23.0 Å². The number of ether oxygens (including phenoxy) is 1.